The van der Waals surface area contributed by atoms with Gasteiger partial charge in [0.25, 0.3) is 0 Å². The third kappa shape index (κ3) is 1.55. The van der Waals surface area contributed by atoms with E-state index >= 15 is 0 Å². The topological polar surface area (TPSA) is 0 Å². The summed E-state index contributed by atoms with van der Waals surface area (Å²) < 4.78 is 0. The van der Waals surface area contributed by atoms with Crippen LogP contribution in [0.1, 0.15) is 60.3 Å². The molecule has 0 heterocycles. The van der Waals surface area contributed by atoms with Crippen molar-refractivity contribution in [2.24, 2.45) is 148 Å². The van der Waals surface area contributed by atoms with E-state index in [2.05, 4.69) is 34.6 Å². The molecule has 0 aliphatic heterocycles. The van der Waals surface area contributed by atoms with Crippen LogP contribution in [0.4, 0.5) is 0 Å². The molecule has 184 valence electrons. The molecule has 13 rings (SSSR count). The van der Waals surface area contributed by atoms with Gasteiger partial charge in [0.05, 0.1) is 0 Å². The summed E-state index contributed by atoms with van der Waals surface area (Å²) in [6.07, 6.45) is 6.63. The Balaban J connectivity index is 1.11. The van der Waals surface area contributed by atoms with Gasteiger partial charge in [-0.15, -0.1) is 0 Å². The molecule has 13 saturated carbocycles. The highest BCUT2D eigenvalue weighted by Crippen LogP contribution is 2.87. The Kier molecular flexibility index (Phi) is 3.05. The lowest BCUT2D eigenvalue weighted by Gasteiger charge is -2.72. The molecule has 0 aromatic rings. The largest absolute Gasteiger partial charge is 0.0620 e. The second-order valence-corrected chi connectivity index (χ2v) is 17.4. The van der Waals surface area contributed by atoms with Crippen molar-refractivity contribution in [1.29, 1.82) is 0 Å². The maximum atomic E-state index is 2.80. The van der Waals surface area contributed by atoms with E-state index in [1.54, 1.807) is 25.7 Å². The molecule has 0 spiro atoms. The van der Waals surface area contributed by atoms with Gasteiger partial charge in [0.1, 0.15) is 0 Å². The summed E-state index contributed by atoms with van der Waals surface area (Å²) in [5.41, 5.74) is 0. The second kappa shape index (κ2) is 5.41. The summed E-state index contributed by atoms with van der Waals surface area (Å²) in [4.78, 5) is 0. The van der Waals surface area contributed by atoms with Crippen molar-refractivity contribution in [2.75, 3.05) is 0 Å². The molecule has 0 N–H and O–H groups in total. The molecule has 0 heteroatoms. The molecule has 0 amide bonds. The Hall–Kier alpha value is 0. The lowest BCUT2D eigenvalue weighted by Crippen LogP contribution is -2.68. The van der Waals surface area contributed by atoms with Gasteiger partial charge in [-0.25, -0.2) is 0 Å². The first-order valence-corrected chi connectivity index (χ1v) is 16.5. The molecule has 13 fully saturated rings. The normalized spacial score (nSPS) is 82.7. The number of rotatable bonds is 0. The SMILES string of the molecule is CC1C2CC1C1C3C(C)C1C1C4C(C)C1C1C5C6C(C)C5C(C5CCC7C(C)C5C76)C1C4C3C2. The zero-order chi connectivity index (χ0) is 22.3. The van der Waals surface area contributed by atoms with E-state index in [-0.39, 0.29) is 0 Å². The van der Waals surface area contributed by atoms with Gasteiger partial charge in [0.2, 0.25) is 0 Å². The number of fused-ring (bicyclic) bond motifs is 5. The minimum absolute atomic E-state index is 1.08. The smallest absolute Gasteiger partial charge is 0.0312 e. The summed E-state index contributed by atoms with van der Waals surface area (Å²) in [7, 11) is 0. The molecule has 34 heavy (non-hydrogen) atoms. The molecule has 0 aromatic carbocycles. The molecule has 0 aromatic heterocycles. The zero-order valence-corrected chi connectivity index (χ0v) is 22.3. The molecule has 0 nitrogen and oxygen atoms in total. The minimum Gasteiger partial charge on any atom is -0.0620 e. The highest BCUT2D eigenvalue weighted by atomic mass is 14.9. The van der Waals surface area contributed by atoms with E-state index in [9.17, 15) is 0 Å². The van der Waals surface area contributed by atoms with Crippen molar-refractivity contribution >= 4 is 0 Å². The first kappa shape index (κ1) is 19.1. The van der Waals surface area contributed by atoms with Crippen molar-refractivity contribution in [3.05, 3.63) is 0 Å². The molecule has 0 radical (unpaired) electrons. The highest BCUT2D eigenvalue weighted by molar-refractivity contribution is 5.30. The van der Waals surface area contributed by atoms with Gasteiger partial charge in [0.15, 0.2) is 0 Å². The van der Waals surface area contributed by atoms with Crippen molar-refractivity contribution in [1.82, 2.24) is 0 Å². The van der Waals surface area contributed by atoms with Crippen molar-refractivity contribution in [3.8, 4) is 0 Å². The van der Waals surface area contributed by atoms with Crippen LogP contribution in [0, 0.1) is 148 Å². The Morgan fingerprint density at radius 1 is 0.294 bits per heavy atom. The van der Waals surface area contributed by atoms with Crippen molar-refractivity contribution < 1.29 is 0 Å². The van der Waals surface area contributed by atoms with Crippen LogP contribution >= 0.6 is 0 Å². The predicted octanol–water partition coefficient (Wildman–Crippen LogP) is 7.20. The molecule has 18 bridgehead atoms. The summed E-state index contributed by atoms with van der Waals surface area (Å²) in [5.74, 6) is 28.9. The monoisotopic (exact) mass is 456 g/mol. The van der Waals surface area contributed by atoms with E-state index in [4.69, 9.17) is 0 Å². The van der Waals surface area contributed by atoms with Crippen LogP contribution < -0.4 is 0 Å². The Morgan fingerprint density at radius 3 is 1.38 bits per heavy atom. The van der Waals surface area contributed by atoms with E-state index < -0.39 is 0 Å². The average Bonchev–Trinajstić information content (AvgIpc) is 2.93. The molecule has 0 saturated heterocycles. The van der Waals surface area contributed by atoms with E-state index in [0.29, 0.717) is 0 Å². The van der Waals surface area contributed by atoms with E-state index in [0.717, 1.165) is 59.2 Å². The van der Waals surface area contributed by atoms with E-state index in [1.165, 1.54) is 88.8 Å². The summed E-state index contributed by atoms with van der Waals surface area (Å²) in [5, 5.41) is 0. The van der Waals surface area contributed by atoms with Crippen LogP contribution in [0.5, 0.6) is 0 Å². The van der Waals surface area contributed by atoms with Gasteiger partial charge in [0, 0.05) is 0 Å². The summed E-state index contributed by atoms with van der Waals surface area (Å²) in [6.45, 7) is 13.8. The molecule has 25 unspecified atom stereocenters. The van der Waals surface area contributed by atoms with Crippen molar-refractivity contribution in [2.45, 2.75) is 60.3 Å². The molecule has 25 atom stereocenters. The fourth-order valence-corrected chi connectivity index (χ4v) is 18.2. The van der Waals surface area contributed by atoms with Gasteiger partial charge in [-0.05, 0) is 174 Å². The summed E-state index contributed by atoms with van der Waals surface area (Å²) >= 11 is 0. The summed E-state index contributed by atoms with van der Waals surface area (Å²) in [6, 6.07) is 0. The Labute approximate surface area is 208 Å². The minimum atomic E-state index is 1.08. The van der Waals surface area contributed by atoms with E-state index in [1.807, 2.05) is 0 Å². The van der Waals surface area contributed by atoms with Crippen LogP contribution in [0.2, 0.25) is 0 Å². The number of hydrogen-bond donors (Lipinski definition) is 0. The molecule has 13 aliphatic carbocycles. The maximum absolute atomic E-state index is 2.80. The lowest BCUT2D eigenvalue weighted by atomic mass is 9.32. The van der Waals surface area contributed by atoms with Gasteiger partial charge in [-0.1, -0.05) is 34.6 Å². The zero-order valence-electron chi connectivity index (χ0n) is 22.3. The average molecular weight is 457 g/mol. The lowest BCUT2D eigenvalue weighted by molar-refractivity contribution is -0.252. The fraction of sp³-hybridized carbons (Fsp3) is 1.00. The van der Waals surface area contributed by atoms with Gasteiger partial charge in [-0.2, -0.15) is 0 Å². The molecule has 13 aliphatic rings. The molecular weight excluding hydrogens is 408 g/mol. The van der Waals surface area contributed by atoms with Crippen LogP contribution in [-0.2, 0) is 0 Å². The fourth-order valence-electron chi connectivity index (χ4n) is 18.2. The predicted molar refractivity (Wildman–Crippen MR) is 134 cm³/mol. The number of hydrogen-bond acceptors (Lipinski definition) is 0. The Bertz CT molecular complexity index is 996. The standard InChI is InChI=1S/C34H48/c1-10-15-8-18(10)29-21-12(3)22(29)31-25-14(5)26(31)33-32-23-13(4)24(32)28(34(33)30(25)19(21)9-15)17-7-6-16-11(2)20(17)27(16)23/h10-34H,6-9H2,1-5H3. The molecular formula is C34H48. The highest BCUT2D eigenvalue weighted by Gasteiger charge is 2.83. The van der Waals surface area contributed by atoms with Gasteiger partial charge in [-0.3, -0.25) is 0 Å². The van der Waals surface area contributed by atoms with Crippen LogP contribution in [0.15, 0.2) is 0 Å². The maximum Gasteiger partial charge on any atom is -0.0312 e. The third-order valence-electron chi connectivity index (χ3n) is 18.4. The Morgan fingerprint density at radius 2 is 0.706 bits per heavy atom. The second-order valence-electron chi connectivity index (χ2n) is 17.4. The quantitative estimate of drug-likeness (QED) is 0.361. The van der Waals surface area contributed by atoms with Crippen LogP contribution in [-0.4, -0.2) is 0 Å². The van der Waals surface area contributed by atoms with Gasteiger partial charge < -0.3 is 0 Å². The van der Waals surface area contributed by atoms with Crippen LogP contribution in [0.25, 0.3) is 0 Å². The third-order valence-corrected chi connectivity index (χ3v) is 18.4. The van der Waals surface area contributed by atoms with Gasteiger partial charge >= 0.3 is 0 Å². The van der Waals surface area contributed by atoms with Crippen LogP contribution in [0.3, 0.4) is 0 Å². The first-order chi connectivity index (χ1) is 16.5. The van der Waals surface area contributed by atoms with Crippen molar-refractivity contribution in [3.63, 3.8) is 0 Å². The first-order valence-electron chi connectivity index (χ1n) is 16.5.